The van der Waals surface area contributed by atoms with Gasteiger partial charge in [-0.15, -0.1) is 0 Å². The van der Waals surface area contributed by atoms with Gasteiger partial charge in [0.15, 0.2) is 0 Å². The van der Waals surface area contributed by atoms with Crippen LogP contribution in [0, 0.1) is 6.92 Å². The molecule has 0 unspecified atom stereocenters. The Morgan fingerprint density at radius 3 is 2.07 bits per heavy atom. The summed E-state index contributed by atoms with van der Waals surface area (Å²) in [6.07, 6.45) is 0. The fraction of sp³-hybridized carbons (Fsp3) is 0.0400. The van der Waals surface area contributed by atoms with Gasteiger partial charge >= 0.3 is 0 Å². The molecule has 2 heteroatoms. The number of aromatic nitrogens is 1. The molecule has 0 aliphatic heterocycles. The molecule has 0 amide bonds. The van der Waals surface area contributed by atoms with E-state index in [0.717, 1.165) is 11.4 Å². The number of nitrogens with one attached hydrogen (secondary N) is 1. The molecule has 5 rings (SSSR count). The lowest BCUT2D eigenvalue weighted by atomic mass is 10.1. The van der Waals surface area contributed by atoms with Crippen molar-refractivity contribution in [1.82, 2.24) is 4.57 Å². The van der Waals surface area contributed by atoms with Gasteiger partial charge in [-0.05, 0) is 49.4 Å². The molecule has 0 saturated carbocycles. The predicted molar refractivity (Wildman–Crippen MR) is 115 cm³/mol. The maximum atomic E-state index is 3.53. The van der Waals surface area contributed by atoms with Gasteiger partial charge in [-0.1, -0.05) is 60.2 Å². The van der Waals surface area contributed by atoms with E-state index in [0.29, 0.717) is 0 Å². The molecule has 1 aromatic heterocycles. The van der Waals surface area contributed by atoms with Gasteiger partial charge < -0.3 is 9.88 Å². The van der Waals surface area contributed by atoms with Crippen LogP contribution >= 0.6 is 0 Å². The Hall–Kier alpha value is -3.52. The summed E-state index contributed by atoms with van der Waals surface area (Å²) >= 11 is 0. The van der Waals surface area contributed by atoms with Crippen molar-refractivity contribution in [2.24, 2.45) is 0 Å². The molecule has 2 nitrogen and oxygen atoms in total. The monoisotopic (exact) mass is 348 g/mol. The zero-order valence-electron chi connectivity index (χ0n) is 15.2. The lowest BCUT2D eigenvalue weighted by molar-refractivity contribution is 1.18. The van der Waals surface area contributed by atoms with Gasteiger partial charge in [-0.2, -0.15) is 0 Å². The number of rotatable bonds is 3. The van der Waals surface area contributed by atoms with E-state index in [4.69, 9.17) is 0 Å². The maximum absolute atomic E-state index is 3.53. The van der Waals surface area contributed by atoms with E-state index >= 15 is 0 Å². The van der Waals surface area contributed by atoms with E-state index < -0.39 is 0 Å². The number of fused-ring (bicyclic) bond motifs is 3. The van der Waals surface area contributed by atoms with E-state index in [1.807, 2.05) is 0 Å². The molecule has 0 aliphatic carbocycles. The van der Waals surface area contributed by atoms with Gasteiger partial charge in [0.2, 0.25) is 0 Å². The second-order valence-electron chi connectivity index (χ2n) is 6.91. The fourth-order valence-electron chi connectivity index (χ4n) is 3.71. The van der Waals surface area contributed by atoms with Gasteiger partial charge in [-0.3, -0.25) is 0 Å². The quantitative estimate of drug-likeness (QED) is 0.378. The van der Waals surface area contributed by atoms with Crippen LogP contribution in [0.5, 0.6) is 0 Å². The molecule has 1 N–H and O–H groups in total. The number of para-hydroxylation sites is 2. The summed E-state index contributed by atoms with van der Waals surface area (Å²) in [5.74, 6) is 0. The molecule has 27 heavy (non-hydrogen) atoms. The van der Waals surface area contributed by atoms with Crippen molar-refractivity contribution in [3.63, 3.8) is 0 Å². The Balaban J connectivity index is 1.71. The summed E-state index contributed by atoms with van der Waals surface area (Å²) in [7, 11) is 0. The highest BCUT2D eigenvalue weighted by atomic mass is 15.0. The minimum absolute atomic E-state index is 1.09. The standard InChI is InChI=1S/C25H20N2/c1-18-11-13-19(14-12-18)26-20-15-16-23-22-9-5-6-10-24(22)27(25(23)17-20)21-7-3-2-4-8-21/h2-17,26H,1H3. The van der Waals surface area contributed by atoms with Crippen molar-refractivity contribution >= 4 is 33.2 Å². The zero-order chi connectivity index (χ0) is 18.2. The van der Waals surface area contributed by atoms with E-state index in [2.05, 4.69) is 114 Å². The van der Waals surface area contributed by atoms with Crippen molar-refractivity contribution in [3.05, 3.63) is 103 Å². The summed E-state index contributed by atoms with van der Waals surface area (Å²) in [5, 5.41) is 6.08. The highest BCUT2D eigenvalue weighted by Gasteiger charge is 2.12. The minimum Gasteiger partial charge on any atom is -0.355 e. The number of anilines is 2. The van der Waals surface area contributed by atoms with Crippen LogP contribution in [0.25, 0.3) is 27.5 Å². The summed E-state index contributed by atoms with van der Waals surface area (Å²) < 4.78 is 2.34. The molecular formula is C25H20N2. The Labute approximate surface area is 158 Å². The van der Waals surface area contributed by atoms with Crippen molar-refractivity contribution in [2.45, 2.75) is 6.92 Å². The molecule has 0 saturated heterocycles. The van der Waals surface area contributed by atoms with Gasteiger partial charge in [0.05, 0.1) is 11.0 Å². The topological polar surface area (TPSA) is 17.0 Å². The van der Waals surface area contributed by atoms with Gasteiger partial charge in [0.1, 0.15) is 0 Å². The third-order valence-corrected chi connectivity index (χ3v) is 5.03. The molecule has 130 valence electrons. The molecule has 0 fully saturated rings. The Bertz CT molecular complexity index is 1230. The largest absolute Gasteiger partial charge is 0.355 e. The highest BCUT2D eigenvalue weighted by molar-refractivity contribution is 6.10. The number of benzene rings is 4. The van der Waals surface area contributed by atoms with Crippen LogP contribution in [0.1, 0.15) is 5.56 Å². The van der Waals surface area contributed by atoms with Crippen molar-refractivity contribution < 1.29 is 0 Å². The zero-order valence-corrected chi connectivity index (χ0v) is 15.2. The van der Waals surface area contributed by atoms with Gasteiger partial charge in [0.25, 0.3) is 0 Å². The van der Waals surface area contributed by atoms with Crippen LogP contribution < -0.4 is 5.32 Å². The fourth-order valence-corrected chi connectivity index (χ4v) is 3.71. The molecule has 0 aliphatic rings. The number of aryl methyl sites for hydroxylation is 1. The first-order valence-corrected chi connectivity index (χ1v) is 9.22. The first kappa shape index (κ1) is 15.7. The Kier molecular flexibility index (Phi) is 3.68. The lowest BCUT2D eigenvalue weighted by Crippen LogP contribution is -1.94. The van der Waals surface area contributed by atoms with E-state index in [-0.39, 0.29) is 0 Å². The van der Waals surface area contributed by atoms with Crippen molar-refractivity contribution in [3.8, 4) is 5.69 Å². The van der Waals surface area contributed by atoms with Gasteiger partial charge in [0, 0.05) is 27.8 Å². The van der Waals surface area contributed by atoms with E-state index in [1.54, 1.807) is 0 Å². The molecule has 5 aromatic rings. The number of nitrogens with zero attached hydrogens (tertiary/aromatic N) is 1. The lowest BCUT2D eigenvalue weighted by Gasteiger charge is -2.10. The van der Waals surface area contributed by atoms with Crippen LogP contribution in [-0.2, 0) is 0 Å². The highest BCUT2D eigenvalue weighted by Crippen LogP contribution is 2.34. The Morgan fingerprint density at radius 2 is 1.26 bits per heavy atom. The number of hydrogen-bond donors (Lipinski definition) is 1. The molecule has 0 spiro atoms. The van der Waals surface area contributed by atoms with E-state index in [1.165, 1.54) is 33.1 Å². The second kappa shape index (κ2) is 6.33. The Morgan fingerprint density at radius 1 is 0.593 bits per heavy atom. The van der Waals surface area contributed by atoms with Crippen LogP contribution in [0.2, 0.25) is 0 Å². The maximum Gasteiger partial charge on any atom is 0.0561 e. The third kappa shape index (κ3) is 2.76. The molecule has 0 atom stereocenters. The molecule has 1 heterocycles. The first-order chi connectivity index (χ1) is 13.3. The predicted octanol–water partition coefficient (Wildman–Crippen LogP) is 6.84. The molecule has 0 bridgehead atoms. The van der Waals surface area contributed by atoms with Crippen molar-refractivity contribution in [1.29, 1.82) is 0 Å². The molecular weight excluding hydrogens is 328 g/mol. The summed E-state index contributed by atoms with van der Waals surface area (Å²) in [4.78, 5) is 0. The molecule has 0 radical (unpaired) electrons. The summed E-state index contributed by atoms with van der Waals surface area (Å²) in [5.41, 5.74) is 7.07. The van der Waals surface area contributed by atoms with Crippen LogP contribution in [-0.4, -0.2) is 4.57 Å². The van der Waals surface area contributed by atoms with Crippen molar-refractivity contribution in [2.75, 3.05) is 5.32 Å². The first-order valence-electron chi connectivity index (χ1n) is 9.22. The number of hydrogen-bond acceptors (Lipinski definition) is 1. The smallest absolute Gasteiger partial charge is 0.0561 e. The SMILES string of the molecule is Cc1ccc(Nc2ccc3c4ccccc4n(-c4ccccc4)c3c2)cc1. The normalized spacial score (nSPS) is 11.1. The van der Waals surface area contributed by atoms with Gasteiger partial charge in [-0.25, -0.2) is 0 Å². The third-order valence-electron chi connectivity index (χ3n) is 5.03. The minimum atomic E-state index is 1.09. The summed E-state index contributed by atoms with van der Waals surface area (Å²) in [6.45, 7) is 2.11. The van der Waals surface area contributed by atoms with Crippen LogP contribution in [0.3, 0.4) is 0 Å². The average Bonchev–Trinajstić information content (AvgIpc) is 3.04. The van der Waals surface area contributed by atoms with Crippen LogP contribution in [0.4, 0.5) is 11.4 Å². The summed E-state index contributed by atoms with van der Waals surface area (Å²) in [6, 6.07) is 34.2. The molecule has 4 aromatic carbocycles. The van der Waals surface area contributed by atoms with Crippen LogP contribution in [0.15, 0.2) is 97.1 Å². The second-order valence-corrected chi connectivity index (χ2v) is 6.91. The average molecular weight is 348 g/mol. The van der Waals surface area contributed by atoms with E-state index in [9.17, 15) is 0 Å².